The summed E-state index contributed by atoms with van der Waals surface area (Å²) in [5.41, 5.74) is 3.44. The van der Waals surface area contributed by atoms with Gasteiger partial charge in [0.05, 0.1) is 11.1 Å². The molecule has 0 aliphatic heterocycles. The largest absolute Gasteiger partial charge is 0.452 e. The van der Waals surface area contributed by atoms with Crippen molar-refractivity contribution in [3.05, 3.63) is 82.2 Å². The molecule has 10 heteroatoms. The Bertz CT molecular complexity index is 1450. The summed E-state index contributed by atoms with van der Waals surface area (Å²) in [7, 11) is 0. The van der Waals surface area contributed by atoms with E-state index in [-0.39, 0.29) is 11.4 Å². The molecule has 0 radical (unpaired) electrons. The zero-order valence-corrected chi connectivity index (χ0v) is 18.8. The summed E-state index contributed by atoms with van der Waals surface area (Å²) < 4.78 is 21.9. The number of esters is 1. The number of nitrogens with zero attached hydrogens (tertiary/aromatic N) is 5. The van der Waals surface area contributed by atoms with Crippen LogP contribution >= 0.6 is 0 Å². The SMILES string of the molecule is Cc1c(C#N)c(NC(=O)COC(=O)c2ccc3nnc(C)n3c2)n(Cc2ccc(F)cc2)c1C. The molecule has 34 heavy (non-hydrogen) atoms. The summed E-state index contributed by atoms with van der Waals surface area (Å²) in [5.74, 6) is -0.719. The molecule has 0 aliphatic carbocycles. The van der Waals surface area contributed by atoms with Gasteiger partial charge in [0.2, 0.25) is 0 Å². The van der Waals surface area contributed by atoms with Gasteiger partial charge in [-0.2, -0.15) is 5.26 Å². The number of benzene rings is 1. The predicted octanol–water partition coefficient (Wildman–Crippen LogP) is 3.31. The molecule has 0 aliphatic rings. The standard InChI is InChI=1S/C24H21FN6O3/c1-14-15(2)30(11-17-4-7-19(25)8-5-17)23(20(14)10-26)27-22(32)13-34-24(33)18-6-9-21-29-28-16(3)31(21)12-18/h4-9,12H,11,13H2,1-3H3,(H,27,32). The fourth-order valence-electron chi connectivity index (χ4n) is 3.61. The number of halogens is 1. The number of aryl methyl sites for hydroxylation is 1. The van der Waals surface area contributed by atoms with E-state index in [4.69, 9.17) is 4.74 Å². The molecule has 4 aromatic rings. The number of ether oxygens (including phenoxy) is 1. The van der Waals surface area contributed by atoms with Crippen molar-refractivity contribution >= 4 is 23.3 Å². The topological polar surface area (TPSA) is 114 Å². The van der Waals surface area contributed by atoms with Crippen LogP contribution in [0.15, 0.2) is 42.6 Å². The van der Waals surface area contributed by atoms with Gasteiger partial charge < -0.3 is 14.6 Å². The van der Waals surface area contributed by atoms with Crippen LogP contribution in [0.4, 0.5) is 10.2 Å². The fourth-order valence-corrected chi connectivity index (χ4v) is 3.61. The van der Waals surface area contributed by atoms with Crippen LogP contribution in [0.25, 0.3) is 5.65 Å². The van der Waals surface area contributed by atoms with Crippen LogP contribution in [0, 0.1) is 37.9 Å². The van der Waals surface area contributed by atoms with Gasteiger partial charge in [-0.1, -0.05) is 12.1 Å². The number of nitrogens with one attached hydrogen (secondary N) is 1. The van der Waals surface area contributed by atoms with Crippen molar-refractivity contribution in [2.45, 2.75) is 27.3 Å². The first-order valence-electron chi connectivity index (χ1n) is 10.4. The molecule has 1 amide bonds. The molecule has 3 heterocycles. The van der Waals surface area contributed by atoms with Crippen molar-refractivity contribution in [1.29, 1.82) is 5.26 Å². The van der Waals surface area contributed by atoms with Crippen molar-refractivity contribution in [3.8, 4) is 6.07 Å². The minimum Gasteiger partial charge on any atom is -0.452 e. The van der Waals surface area contributed by atoms with Crippen molar-refractivity contribution in [2.24, 2.45) is 0 Å². The highest BCUT2D eigenvalue weighted by atomic mass is 19.1. The summed E-state index contributed by atoms with van der Waals surface area (Å²) in [6, 6.07) is 11.3. The molecule has 0 unspecified atom stereocenters. The van der Waals surface area contributed by atoms with Gasteiger partial charge in [0.15, 0.2) is 12.3 Å². The number of anilines is 1. The fraction of sp³-hybridized carbons (Fsp3) is 0.208. The van der Waals surface area contributed by atoms with Gasteiger partial charge in [-0.3, -0.25) is 9.20 Å². The van der Waals surface area contributed by atoms with E-state index < -0.39 is 18.5 Å². The van der Waals surface area contributed by atoms with E-state index in [1.165, 1.54) is 18.2 Å². The average molecular weight is 460 g/mol. The quantitative estimate of drug-likeness (QED) is 0.442. The molecule has 1 aromatic carbocycles. The van der Waals surface area contributed by atoms with Gasteiger partial charge in [-0.05, 0) is 56.2 Å². The van der Waals surface area contributed by atoms with E-state index >= 15 is 0 Å². The number of pyridine rings is 1. The van der Waals surface area contributed by atoms with Crippen molar-refractivity contribution in [2.75, 3.05) is 11.9 Å². The first-order valence-corrected chi connectivity index (χ1v) is 10.4. The van der Waals surface area contributed by atoms with Gasteiger partial charge in [0, 0.05) is 18.4 Å². The third-order valence-corrected chi connectivity index (χ3v) is 5.60. The Labute approximate surface area is 194 Å². The lowest BCUT2D eigenvalue weighted by molar-refractivity contribution is -0.119. The van der Waals surface area contributed by atoms with Crippen molar-refractivity contribution in [3.63, 3.8) is 0 Å². The van der Waals surface area contributed by atoms with Gasteiger partial charge in [0.25, 0.3) is 5.91 Å². The van der Waals surface area contributed by atoms with Crippen LogP contribution in [0.5, 0.6) is 0 Å². The van der Waals surface area contributed by atoms with Crippen LogP contribution in [-0.4, -0.2) is 37.6 Å². The van der Waals surface area contributed by atoms with Gasteiger partial charge in [0.1, 0.15) is 23.5 Å². The Morgan fingerprint density at radius 3 is 2.56 bits per heavy atom. The van der Waals surface area contributed by atoms with E-state index in [0.717, 1.165) is 16.8 Å². The molecule has 3 aromatic heterocycles. The van der Waals surface area contributed by atoms with Crippen LogP contribution in [-0.2, 0) is 16.1 Å². The number of nitriles is 1. The number of hydrogen-bond acceptors (Lipinski definition) is 6. The number of carbonyl (C=O) groups is 2. The summed E-state index contributed by atoms with van der Waals surface area (Å²) in [4.78, 5) is 25.1. The summed E-state index contributed by atoms with van der Waals surface area (Å²) in [6.07, 6.45) is 1.54. The summed E-state index contributed by atoms with van der Waals surface area (Å²) >= 11 is 0. The highest BCUT2D eigenvalue weighted by Crippen LogP contribution is 2.27. The van der Waals surface area contributed by atoms with E-state index in [1.807, 2.05) is 6.92 Å². The zero-order chi connectivity index (χ0) is 24.4. The van der Waals surface area contributed by atoms with Crippen LogP contribution in [0.3, 0.4) is 0 Å². The van der Waals surface area contributed by atoms with Crippen LogP contribution < -0.4 is 5.32 Å². The Balaban J connectivity index is 1.50. The molecule has 0 atom stereocenters. The lowest BCUT2D eigenvalue weighted by atomic mass is 10.2. The second kappa shape index (κ2) is 9.15. The van der Waals surface area contributed by atoms with Gasteiger partial charge >= 0.3 is 5.97 Å². The van der Waals surface area contributed by atoms with Crippen LogP contribution in [0.1, 0.15) is 38.6 Å². The number of hydrogen-bond donors (Lipinski definition) is 1. The zero-order valence-electron chi connectivity index (χ0n) is 18.8. The first-order chi connectivity index (χ1) is 16.3. The normalized spacial score (nSPS) is 10.8. The Morgan fingerprint density at radius 1 is 1.12 bits per heavy atom. The molecule has 0 bridgehead atoms. The second-order valence-electron chi connectivity index (χ2n) is 7.78. The Hall–Kier alpha value is -4.52. The van der Waals surface area contributed by atoms with Crippen LogP contribution in [0.2, 0.25) is 0 Å². The number of fused-ring (bicyclic) bond motifs is 1. The molecule has 1 N–H and O–H groups in total. The smallest absolute Gasteiger partial charge is 0.340 e. The minimum atomic E-state index is -0.681. The number of carbonyl (C=O) groups excluding carboxylic acids is 2. The molecule has 172 valence electrons. The Morgan fingerprint density at radius 2 is 1.85 bits per heavy atom. The lowest BCUT2D eigenvalue weighted by Crippen LogP contribution is -2.23. The maximum atomic E-state index is 13.3. The van der Waals surface area contributed by atoms with E-state index in [2.05, 4.69) is 21.6 Å². The van der Waals surface area contributed by atoms with Gasteiger partial charge in [-0.25, -0.2) is 9.18 Å². The third-order valence-electron chi connectivity index (χ3n) is 5.60. The minimum absolute atomic E-state index is 0.243. The maximum Gasteiger partial charge on any atom is 0.340 e. The third kappa shape index (κ3) is 4.36. The van der Waals surface area contributed by atoms with E-state index in [1.54, 1.807) is 47.2 Å². The molecule has 0 spiro atoms. The van der Waals surface area contributed by atoms with Gasteiger partial charge in [-0.15, -0.1) is 10.2 Å². The maximum absolute atomic E-state index is 13.3. The van der Waals surface area contributed by atoms with E-state index in [9.17, 15) is 19.2 Å². The van der Waals surface area contributed by atoms with E-state index in [0.29, 0.717) is 29.4 Å². The van der Waals surface area contributed by atoms with Crippen molar-refractivity contribution in [1.82, 2.24) is 19.2 Å². The molecule has 0 saturated carbocycles. The summed E-state index contributed by atoms with van der Waals surface area (Å²) in [5, 5.41) is 20.2. The number of aromatic nitrogens is 4. The highest BCUT2D eigenvalue weighted by Gasteiger charge is 2.21. The first kappa shape index (κ1) is 22.7. The number of rotatable bonds is 6. The molecule has 0 saturated heterocycles. The molecule has 9 nitrogen and oxygen atoms in total. The highest BCUT2D eigenvalue weighted by molar-refractivity contribution is 5.96. The van der Waals surface area contributed by atoms with Crippen molar-refractivity contribution < 1.29 is 18.7 Å². The molecular formula is C24H21FN6O3. The monoisotopic (exact) mass is 460 g/mol. The average Bonchev–Trinajstić information content (AvgIpc) is 3.30. The molecule has 4 rings (SSSR count). The second-order valence-corrected chi connectivity index (χ2v) is 7.78. The number of amides is 1. The predicted molar refractivity (Wildman–Crippen MR) is 121 cm³/mol. The lowest BCUT2D eigenvalue weighted by Gasteiger charge is -2.13. The molecular weight excluding hydrogens is 439 g/mol. The molecule has 0 fully saturated rings. The summed E-state index contributed by atoms with van der Waals surface area (Å²) in [6.45, 7) is 5.15. The Kier molecular flexibility index (Phi) is 6.10.